The number of nitriles is 1. The number of aromatic nitrogens is 4. The van der Waals surface area contributed by atoms with Gasteiger partial charge in [0, 0.05) is 29.8 Å². The number of hydrogen-bond donors (Lipinski definition) is 1. The van der Waals surface area contributed by atoms with Gasteiger partial charge in [-0.15, -0.1) is 0 Å². The van der Waals surface area contributed by atoms with Crippen molar-refractivity contribution in [2.24, 2.45) is 0 Å². The number of hydrogen-bond acceptors (Lipinski definition) is 7. The number of rotatable bonds is 7. The molecule has 0 saturated heterocycles. The van der Waals surface area contributed by atoms with Gasteiger partial charge in [0.05, 0.1) is 30.3 Å². The van der Waals surface area contributed by atoms with E-state index in [9.17, 15) is 4.79 Å². The Labute approximate surface area is 203 Å². The molecule has 0 radical (unpaired) electrons. The average Bonchev–Trinajstić information content (AvgIpc) is 2.89. The summed E-state index contributed by atoms with van der Waals surface area (Å²) in [6.07, 6.45) is 6.89. The lowest BCUT2D eigenvalue weighted by molar-refractivity contribution is 0.102. The fourth-order valence-electron chi connectivity index (χ4n) is 3.68. The summed E-state index contributed by atoms with van der Waals surface area (Å²) in [6, 6.07) is 15.5. The molecule has 8 heteroatoms. The zero-order chi connectivity index (χ0) is 24.8. The number of methoxy groups -OCH3 is 1. The number of aryl methyl sites for hydroxylation is 1. The van der Waals surface area contributed by atoms with E-state index in [1.54, 1.807) is 19.5 Å². The zero-order valence-electron chi connectivity index (χ0n) is 19.7. The van der Waals surface area contributed by atoms with Crippen molar-refractivity contribution in [3.63, 3.8) is 0 Å². The largest absolute Gasteiger partial charge is 0.496 e. The van der Waals surface area contributed by atoms with Crippen LogP contribution in [0.15, 0.2) is 67.3 Å². The third-order valence-electron chi connectivity index (χ3n) is 5.63. The van der Waals surface area contributed by atoms with Crippen molar-refractivity contribution in [2.45, 2.75) is 26.2 Å². The number of benzene rings is 2. The number of nitrogens with one attached hydrogen (secondary N) is 1. The summed E-state index contributed by atoms with van der Waals surface area (Å²) in [4.78, 5) is 29.4. The van der Waals surface area contributed by atoms with Crippen molar-refractivity contribution in [3.05, 3.63) is 95.5 Å². The molecule has 0 aliphatic rings. The van der Waals surface area contributed by atoms with E-state index in [1.165, 1.54) is 12.4 Å². The quantitative estimate of drug-likeness (QED) is 0.421. The normalized spacial score (nSPS) is 11.4. The van der Waals surface area contributed by atoms with Crippen LogP contribution in [0.3, 0.4) is 0 Å². The van der Waals surface area contributed by atoms with Crippen molar-refractivity contribution in [1.29, 1.82) is 5.26 Å². The number of carbonyl (C=O) groups excluding carboxylic acids is 1. The second-order valence-corrected chi connectivity index (χ2v) is 8.17. The summed E-state index contributed by atoms with van der Waals surface area (Å²) in [5.74, 6) is 0.633. The molecule has 1 N–H and O–H groups in total. The van der Waals surface area contributed by atoms with Crippen LogP contribution in [0, 0.1) is 18.3 Å². The van der Waals surface area contributed by atoms with Crippen LogP contribution in [0.2, 0.25) is 0 Å². The summed E-state index contributed by atoms with van der Waals surface area (Å²) in [5, 5.41) is 11.7. The molecule has 4 aromatic rings. The fourth-order valence-corrected chi connectivity index (χ4v) is 3.68. The minimum absolute atomic E-state index is 0.0195. The molecule has 0 aliphatic heterocycles. The number of carbonyl (C=O) groups is 1. The van der Waals surface area contributed by atoms with Gasteiger partial charge in [0.2, 0.25) is 5.82 Å². The predicted molar refractivity (Wildman–Crippen MR) is 132 cm³/mol. The van der Waals surface area contributed by atoms with Gasteiger partial charge in [-0.25, -0.2) is 15.0 Å². The van der Waals surface area contributed by atoms with Gasteiger partial charge in [-0.3, -0.25) is 9.78 Å². The Morgan fingerprint density at radius 2 is 1.91 bits per heavy atom. The molecule has 1 amide bonds. The second-order valence-electron chi connectivity index (χ2n) is 8.17. The van der Waals surface area contributed by atoms with E-state index in [-0.39, 0.29) is 23.2 Å². The first kappa shape index (κ1) is 23.5. The molecule has 1 unspecified atom stereocenters. The van der Waals surface area contributed by atoms with Crippen molar-refractivity contribution in [3.8, 4) is 23.1 Å². The zero-order valence-corrected chi connectivity index (χ0v) is 19.7. The van der Waals surface area contributed by atoms with Gasteiger partial charge in [-0.2, -0.15) is 5.26 Å². The molecular formula is C27H24N6O2. The average molecular weight is 465 g/mol. The third-order valence-corrected chi connectivity index (χ3v) is 5.63. The van der Waals surface area contributed by atoms with Gasteiger partial charge in [0.25, 0.3) is 5.91 Å². The van der Waals surface area contributed by atoms with Gasteiger partial charge in [-0.05, 0) is 48.6 Å². The maximum Gasteiger partial charge on any atom is 0.258 e. The SMILES string of the molecule is COc1cc(-c2cncc(CC(C)c3cccc(NC(=O)c4cnc(C#N)nc4)c3)n2)ccc1C. The Morgan fingerprint density at radius 3 is 2.66 bits per heavy atom. The molecule has 0 aliphatic carbocycles. The molecule has 0 spiro atoms. The van der Waals surface area contributed by atoms with E-state index in [0.29, 0.717) is 12.1 Å². The number of amides is 1. The first-order valence-corrected chi connectivity index (χ1v) is 11.1. The topological polar surface area (TPSA) is 114 Å². The highest BCUT2D eigenvalue weighted by atomic mass is 16.5. The van der Waals surface area contributed by atoms with Crippen LogP contribution in [0.25, 0.3) is 11.3 Å². The van der Waals surface area contributed by atoms with Crippen molar-refractivity contribution < 1.29 is 9.53 Å². The Bertz CT molecular complexity index is 1400. The van der Waals surface area contributed by atoms with Crippen LogP contribution >= 0.6 is 0 Å². The Kier molecular flexibility index (Phi) is 7.07. The highest BCUT2D eigenvalue weighted by Crippen LogP contribution is 2.27. The molecule has 35 heavy (non-hydrogen) atoms. The first-order chi connectivity index (χ1) is 17.0. The van der Waals surface area contributed by atoms with Crippen LogP contribution in [0.1, 0.15) is 45.8 Å². The molecule has 2 aromatic carbocycles. The van der Waals surface area contributed by atoms with Crippen molar-refractivity contribution >= 4 is 11.6 Å². The van der Waals surface area contributed by atoms with E-state index in [0.717, 1.165) is 33.8 Å². The minimum Gasteiger partial charge on any atom is -0.496 e. The fraction of sp³-hybridized carbons (Fsp3) is 0.185. The Balaban J connectivity index is 1.47. The highest BCUT2D eigenvalue weighted by Gasteiger charge is 2.13. The molecule has 0 bridgehead atoms. The maximum atomic E-state index is 12.5. The van der Waals surface area contributed by atoms with Crippen LogP contribution in [-0.2, 0) is 6.42 Å². The molecule has 0 saturated carbocycles. The predicted octanol–water partition coefficient (Wildman–Crippen LogP) is 4.72. The van der Waals surface area contributed by atoms with Crippen LogP contribution < -0.4 is 10.1 Å². The smallest absolute Gasteiger partial charge is 0.258 e. The van der Waals surface area contributed by atoms with Gasteiger partial charge in [-0.1, -0.05) is 31.2 Å². The molecule has 8 nitrogen and oxygen atoms in total. The Morgan fingerprint density at radius 1 is 1.11 bits per heavy atom. The van der Waals surface area contributed by atoms with E-state index < -0.39 is 0 Å². The Hall–Kier alpha value is -4.64. The third kappa shape index (κ3) is 5.65. The number of nitrogens with zero attached hydrogens (tertiary/aromatic N) is 5. The molecule has 4 rings (SSSR count). The van der Waals surface area contributed by atoms with Gasteiger partial charge in [0.1, 0.15) is 11.8 Å². The molecule has 2 heterocycles. The lowest BCUT2D eigenvalue weighted by Gasteiger charge is -2.14. The monoisotopic (exact) mass is 464 g/mol. The highest BCUT2D eigenvalue weighted by molar-refractivity contribution is 6.03. The number of ether oxygens (including phenoxy) is 1. The second kappa shape index (κ2) is 10.5. The minimum atomic E-state index is -0.341. The summed E-state index contributed by atoms with van der Waals surface area (Å²) in [5.41, 5.74) is 5.68. The van der Waals surface area contributed by atoms with Crippen molar-refractivity contribution in [1.82, 2.24) is 19.9 Å². The molecule has 174 valence electrons. The lowest BCUT2D eigenvalue weighted by Crippen LogP contribution is -2.13. The molecule has 2 aromatic heterocycles. The van der Waals surface area contributed by atoms with Crippen LogP contribution in [0.4, 0.5) is 5.69 Å². The van der Waals surface area contributed by atoms with Crippen molar-refractivity contribution in [2.75, 3.05) is 12.4 Å². The summed E-state index contributed by atoms with van der Waals surface area (Å²) in [7, 11) is 1.66. The number of anilines is 1. The van der Waals surface area contributed by atoms with Gasteiger partial charge >= 0.3 is 0 Å². The molecular weight excluding hydrogens is 440 g/mol. The summed E-state index contributed by atoms with van der Waals surface area (Å²) < 4.78 is 5.44. The van der Waals surface area contributed by atoms with Crippen LogP contribution in [-0.4, -0.2) is 33.0 Å². The van der Waals surface area contributed by atoms with E-state index in [2.05, 4.69) is 27.2 Å². The van der Waals surface area contributed by atoms with E-state index in [1.807, 2.05) is 55.5 Å². The van der Waals surface area contributed by atoms with E-state index >= 15 is 0 Å². The van der Waals surface area contributed by atoms with Crippen LogP contribution in [0.5, 0.6) is 5.75 Å². The summed E-state index contributed by atoms with van der Waals surface area (Å²) >= 11 is 0. The first-order valence-electron chi connectivity index (χ1n) is 11.1. The van der Waals surface area contributed by atoms with E-state index in [4.69, 9.17) is 15.0 Å². The molecule has 1 atom stereocenters. The van der Waals surface area contributed by atoms with Gasteiger partial charge in [0.15, 0.2) is 0 Å². The lowest BCUT2D eigenvalue weighted by atomic mass is 9.95. The molecule has 0 fully saturated rings. The standard InChI is InChI=1S/C27H24N6O2/c1-17-7-8-20(11-25(17)35-3)24-16-29-15-23(32-24)9-18(2)19-5-4-6-22(10-19)33-27(34)21-13-30-26(12-28)31-14-21/h4-8,10-11,13-16,18H,9H2,1-3H3,(H,33,34). The maximum absolute atomic E-state index is 12.5. The summed E-state index contributed by atoms with van der Waals surface area (Å²) in [6.45, 7) is 4.11. The van der Waals surface area contributed by atoms with Gasteiger partial charge < -0.3 is 10.1 Å².